The highest BCUT2D eigenvalue weighted by atomic mass is 79.9. The van der Waals surface area contributed by atoms with Gasteiger partial charge in [0.2, 0.25) is 0 Å². The summed E-state index contributed by atoms with van der Waals surface area (Å²) in [6.45, 7) is 0. The lowest BCUT2D eigenvalue weighted by molar-refractivity contribution is 0.102. The van der Waals surface area contributed by atoms with Crippen LogP contribution in [0.3, 0.4) is 0 Å². The predicted molar refractivity (Wildman–Crippen MR) is 89.8 cm³/mol. The number of nitrogen functional groups attached to an aromatic ring is 1. The summed E-state index contributed by atoms with van der Waals surface area (Å²) in [6, 6.07) is 12.5. The maximum atomic E-state index is 12.3. The molecule has 2 aromatic carbocycles. The molecule has 0 saturated heterocycles. The van der Waals surface area contributed by atoms with Crippen molar-refractivity contribution in [3.05, 3.63) is 57.7 Å². The van der Waals surface area contributed by atoms with Crippen molar-refractivity contribution >= 4 is 55.7 Å². The second kappa shape index (κ2) is 5.42. The number of carbonyl (C=O) groups excluding carboxylic acids is 1. The molecule has 0 aliphatic carbocycles. The van der Waals surface area contributed by atoms with Gasteiger partial charge in [0.05, 0.1) is 15.2 Å². The highest BCUT2D eigenvalue weighted by Crippen LogP contribution is 2.30. The molecule has 6 heteroatoms. The highest BCUT2D eigenvalue weighted by molar-refractivity contribution is 9.10. The average molecular weight is 365 g/mol. The molecule has 0 fully saturated rings. The van der Waals surface area contributed by atoms with E-state index in [2.05, 4.69) is 26.2 Å². The van der Waals surface area contributed by atoms with Crippen LogP contribution in [0.5, 0.6) is 0 Å². The van der Waals surface area contributed by atoms with E-state index in [0.717, 1.165) is 10.9 Å². The van der Waals surface area contributed by atoms with Crippen LogP contribution in [0.25, 0.3) is 10.9 Å². The molecular weight excluding hydrogens is 354 g/mol. The van der Waals surface area contributed by atoms with E-state index < -0.39 is 0 Å². The Labute approximate surface area is 134 Å². The van der Waals surface area contributed by atoms with Crippen LogP contribution in [-0.2, 0) is 0 Å². The summed E-state index contributed by atoms with van der Waals surface area (Å²) in [7, 11) is 0. The summed E-state index contributed by atoms with van der Waals surface area (Å²) in [5.74, 6) is -0.243. The first-order valence-corrected chi connectivity index (χ1v) is 7.35. The minimum atomic E-state index is -0.243. The van der Waals surface area contributed by atoms with Crippen LogP contribution in [0, 0.1) is 0 Å². The first-order valence-electron chi connectivity index (χ1n) is 6.18. The number of rotatable bonds is 2. The number of benzene rings is 2. The first kappa shape index (κ1) is 14.0. The maximum absolute atomic E-state index is 12.3. The fourth-order valence-corrected chi connectivity index (χ4v) is 2.60. The van der Waals surface area contributed by atoms with Crippen LogP contribution in [0.4, 0.5) is 11.4 Å². The smallest absolute Gasteiger partial charge is 0.272 e. The van der Waals surface area contributed by atoms with Crippen LogP contribution in [0.2, 0.25) is 5.02 Å². The molecule has 4 nitrogen and oxygen atoms in total. The van der Waals surface area contributed by atoms with Gasteiger partial charge in [0, 0.05) is 16.6 Å². The van der Waals surface area contributed by atoms with Gasteiger partial charge >= 0.3 is 0 Å². The van der Waals surface area contributed by atoms with Gasteiger partial charge in [-0.15, -0.1) is 0 Å². The van der Waals surface area contributed by atoms with Crippen molar-refractivity contribution in [2.24, 2.45) is 0 Å². The van der Waals surface area contributed by atoms with Gasteiger partial charge in [0.1, 0.15) is 5.69 Å². The third kappa shape index (κ3) is 2.75. The number of hydrogen-bond acceptors (Lipinski definition) is 2. The van der Waals surface area contributed by atoms with Crippen LogP contribution in [-0.4, -0.2) is 10.9 Å². The van der Waals surface area contributed by atoms with Crippen LogP contribution in [0.1, 0.15) is 10.5 Å². The molecule has 1 heterocycles. The van der Waals surface area contributed by atoms with Crippen molar-refractivity contribution in [2.75, 3.05) is 11.1 Å². The Balaban J connectivity index is 1.91. The van der Waals surface area contributed by atoms with Crippen molar-refractivity contribution in [3.8, 4) is 0 Å². The molecule has 106 valence electrons. The minimum absolute atomic E-state index is 0.243. The predicted octanol–water partition coefficient (Wildman–Crippen LogP) is 4.42. The van der Waals surface area contributed by atoms with Crippen LogP contribution < -0.4 is 11.1 Å². The minimum Gasteiger partial charge on any atom is -0.399 e. The molecule has 21 heavy (non-hydrogen) atoms. The fourth-order valence-electron chi connectivity index (χ4n) is 2.06. The molecule has 3 aromatic rings. The molecule has 0 saturated carbocycles. The lowest BCUT2D eigenvalue weighted by atomic mass is 10.2. The van der Waals surface area contributed by atoms with Crippen molar-refractivity contribution in [2.45, 2.75) is 0 Å². The molecule has 3 rings (SSSR count). The molecule has 0 aliphatic heterocycles. The van der Waals surface area contributed by atoms with E-state index in [0.29, 0.717) is 26.6 Å². The number of H-pyrrole nitrogens is 1. The van der Waals surface area contributed by atoms with Crippen LogP contribution in [0.15, 0.2) is 46.9 Å². The van der Waals surface area contributed by atoms with Gasteiger partial charge in [-0.25, -0.2) is 0 Å². The van der Waals surface area contributed by atoms with E-state index in [4.69, 9.17) is 17.3 Å². The SMILES string of the molecule is Nc1ccc2[nH]c(C(=O)Nc3cccc(Cl)c3Br)cc2c1. The zero-order chi connectivity index (χ0) is 15.0. The topological polar surface area (TPSA) is 70.9 Å². The van der Waals surface area contributed by atoms with E-state index >= 15 is 0 Å². The average Bonchev–Trinajstić information content (AvgIpc) is 2.87. The third-order valence-electron chi connectivity index (χ3n) is 3.09. The summed E-state index contributed by atoms with van der Waals surface area (Å²) in [6.07, 6.45) is 0. The summed E-state index contributed by atoms with van der Waals surface area (Å²) >= 11 is 9.36. The van der Waals surface area contributed by atoms with Gasteiger partial charge in [0.25, 0.3) is 5.91 Å². The van der Waals surface area contributed by atoms with E-state index in [9.17, 15) is 4.79 Å². The van der Waals surface area contributed by atoms with Gasteiger partial charge < -0.3 is 16.0 Å². The normalized spacial score (nSPS) is 10.8. The Hall–Kier alpha value is -1.98. The number of hydrogen-bond donors (Lipinski definition) is 3. The van der Waals surface area contributed by atoms with E-state index in [-0.39, 0.29) is 5.91 Å². The standard InChI is InChI=1S/C15H11BrClN3O/c16-14-10(17)2-1-3-12(14)20-15(21)13-7-8-6-9(18)4-5-11(8)19-13/h1-7,19H,18H2,(H,20,21). The van der Waals surface area contributed by atoms with Gasteiger partial charge in [-0.3, -0.25) is 4.79 Å². The summed E-state index contributed by atoms with van der Waals surface area (Å²) in [5, 5.41) is 4.24. The Morgan fingerprint density at radius 2 is 2.05 bits per heavy atom. The van der Waals surface area contributed by atoms with Crippen molar-refractivity contribution < 1.29 is 4.79 Å². The number of anilines is 2. The molecule has 4 N–H and O–H groups in total. The second-order valence-corrected chi connectivity index (χ2v) is 5.79. The second-order valence-electron chi connectivity index (χ2n) is 4.59. The zero-order valence-electron chi connectivity index (χ0n) is 10.8. The van der Waals surface area contributed by atoms with E-state index in [1.807, 2.05) is 12.1 Å². The monoisotopic (exact) mass is 363 g/mol. The van der Waals surface area contributed by atoms with Gasteiger partial charge in [0.15, 0.2) is 0 Å². The third-order valence-corrected chi connectivity index (χ3v) is 4.49. The number of aromatic nitrogens is 1. The van der Waals surface area contributed by atoms with Gasteiger partial charge in [-0.1, -0.05) is 17.7 Å². The molecule has 0 spiro atoms. The lowest BCUT2D eigenvalue weighted by Crippen LogP contribution is -2.12. The first-order chi connectivity index (χ1) is 10.0. The molecule has 0 unspecified atom stereocenters. The highest BCUT2D eigenvalue weighted by Gasteiger charge is 2.12. The lowest BCUT2D eigenvalue weighted by Gasteiger charge is -2.07. The largest absolute Gasteiger partial charge is 0.399 e. The number of nitrogens with one attached hydrogen (secondary N) is 2. The Morgan fingerprint density at radius 1 is 1.24 bits per heavy atom. The molecule has 1 aromatic heterocycles. The molecule has 0 bridgehead atoms. The van der Waals surface area contributed by atoms with E-state index in [1.165, 1.54) is 0 Å². The zero-order valence-corrected chi connectivity index (χ0v) is 13.1. The molecule has 0 radical (unpaired) electrons. The maximum Gasteiger partial charge on any atom is 0.272 e. The molecule has 0 aliphatic rings. The van der Waals surface area contributed by atoms with E-state index in [1.54, 1.807) is 30.3 Å². The number of aromatic amines is 1. The number of carbonyl (C=O) groups is 1. The van der Waals surface area contributed by atoms with Crippen LogP contribution >= 0.6 is 27.5 Å². The van der Waals surface area contributed by atoms with Crippen molar-refractivity contribution in [1.29, 1.82) is 0 Å². The number of nitrogens with two attached hydrogens (primary N) is 1. The van der Waals surface area contributed by atoms with Crippen molar-refractivity contribution in [3.63, 3.8) is 0 Å². The van der Waals surface area contributed by atoms with Crippen molar-refractivity contribution in [1.82, 2.24) is 4.98 Å². The fraction of sp³-hybridized carbons (Fsp3) is 0. The summed E-state index contributed by atoms with van der Waals surface area (Å²) in [4.78, 5) is 15.4. The Bertz CT molecular complexity index is 844. The summed E-state index contributed by atoms with van der Waals surface area (Å²) in [5.41, 5.74) is 8.33. The molecular formula is C15H11BrClN3O. The number of fused-ring (bicyclic) bond motifs is 1. The number of amides is 1. The van der Waals surface area contributed by atoms with Gasteiger partial charge in [-0.05, 0) is 52.3 Å². The Kier molecular flexibility index (Phi) is 3.61. The van der Waals surface area contributed by atoms with Gasteiger partial charge in [-0.2, -0.15) is 0 Å². The quantitative estimate of drug-likeness (QED) is 0.589. The Morgan fingerprint density at radius 3 is 2.86 bits per heavy atom. The molecule has 1 amide bonds. The molecule has 0 atom stereocenters. The number of halogens is 2. The summed E-state index contributed by atoms with van der Waals surface area (Å²) < 4.78 is 0.653.